The van der Waals surface area contributed by atoms with Gasteiger partial charge in [0, 0.05) is 4.91 Å². The molecule has 0 aromatic heterocycles. The van der Waals surface area contributed by atoms with E-state index >= 15 is 0 Å². The number of rotatable bonds is 3. The number of hydrogen-bond donors (Lipinski definition) is 0. The van der Waals surface area contributed by atoms with Crippen LogP contribution < -0.4 is 0 Å². The van der Waals surface area contributed by atoms with Gasteiger partial charge in [-0.1, -0.05) is 38.3 Å². The Morgan fingerprint density at radius 3 is 2.18 bits per heavy atom. The zero-order chi connectivity index (χ0) is 9.28. The molecule has 0 bridgehead atoms. The number of thioether (sulfide) groups is 1. The van der Waals surface area contributed by atoms with Gasteiger partial charge in [0.2, 0.25) is 0 Å². The van der Waals surface area contributed by atoms with Crippen LogP contribution in [0, 0.1) is 0 Å². The summed E-state index contributed by atoms with van der Waals surface area (Å²) in [5, 5.41) is 1.84. The first-order valence-corrected chi connectivity index (χ1v) is 4.54. The molecular formula is C9H16OS. The van der Waals surface area contributed by atoms with Crippen LogP contribution in [0.5, 0.6) is 0 Å². The largest absolute Gasteiger partial charge is 0.294 e. The van der Waals surface area contributed by atoms with Gasteiger partial charge in [0.05, 0.1) is 0 Å². The Bertz CT molecular complexity index is 148. The molecule has 0 amide bonds. The third-order valence-electron chi connectivity index (χ3n) is 0.739. The highest BCUT2D eigenvalue weighted by atomic mass is 32.2. The highest BCUT2D eigenvalue weighted by Gasteiger charge is 1.95. The Kier molecular flexibility index (Phi) is 11.3. The fourth-order valence-corrected chi connectivity index (χ4v) is 0.699. The topological polar surface area (TPSA) is 17.1 Å². The molecule has 0 aromatic carbocycles. The zero-order valence-corrected chi connectivity index (χ0v) is 8.49. The van der Waals surface area contributed by atoms with Crippen LogP contribution in [0.2, 0.25) is 0 Å². The summed E-state index contributed by atoms with van der Waals surface area (Å²) in [7, 11) is 0. The molecule has 0 saturated carbocycles. The molecule has 0 atom stereocenters. The molecule has 64 valence electrons. The normalized spacial score (nSPS) is 8.73. The molecular weight excluding hydrogens is 156 g/mol. The van der Waals surface area contributed by atoms with Gasteiger partial charge in [-0.05, 0) is 19.3 Å². The first-order chi connectivity index (χ1) is 5.18. The minimum Gasteiger partial charge on any atom is -0.294 e. The van der Waals surface area contributed by atoms with E-state index in [4.69, 9.17) is 0 Å². The lowest BCUT2D eigenvalue weighted by atomic mass is 10.4. The lowest BCUT2D eigenvalue weighted by Crippen LogP contribution is -1.86. The summed E-state index contributed by atoms with van der Waals surface area (Å²) in [5.74, 6) is 0.0399. The zero-order valence-electron chi connectivity index (χ0n) is 7.68. The van der Waals surface area contributed by atoms with Crippen molar-refractivity contribution in [3.05, 3.63) is 23.0 Å². The van der Waals surface area contributed by atoms with Crippen LogP contribution in [0.3, 0.4) is 0 Å². The number of carbonyl (C=O) groups is 1. The summed E-state index contributed by atoms with van der Waals surface area (Å²) in [5.41, 5.74) is 0. The molecule has 0 fully saturated rings. The molecule has 0 rings (SSSR count). The van der Waals surface area contributed by atoms with Gasteiger partial charge in [-0.15, -0.1) is 0 Å². The summed E-state index contributed by atoms with van der Waals surface area (Å²) in [6.45, 7) is 11.0. The van der Waals surface area contributed by atoms with Crippen molar-refractivity contribution < 1.29 is 4.79 Å². The Morgan fingerprint density at radius 1 is 1.45 bits per heavy atom. The summed E-state index contributed by atoms with van der Waals surface area (Å²) in [6.07, 6.45) is 1.87. The van der Waals surface area contributed by atoms with Crippen molar-refractivity contribution in [3.8, 4) is 0 Å². The maximum Gasteiger partial charge on any atom is 0.165 e. The van der Waals surface area contributed by atoms with Crippen molar-refractivity contribution in [2.45, 2.75) is 27.7 Å². The van der Waals surface area contributed by atoms with E-state index in [1.807, 2.05) is 32.3 Å². The van der Waals surface area contributed by atoms with Gasteiger partial charge in [-0.25, -0.2) is 0 Å². The van der Waals surface area contributed by atoms with Crippen LogP contribution in [-0.4, -0.2) is 5.78 Å². The third kappa shape index (κ3) is 9.50. The van der Waals surface area contributed by atoms with Gasteiger partial charge in [-0.3, -0.25) is 4.79 Å². The van der Waals surface area contributed by atoms with Crippen LogP contribution in [0.15, 0.2) is 23.0 Å². The number of hydrogen-bond acceptors (Lipinski definition) is 2. The molecule has 1 nitrogen and oxygen atoms in total. The Morgan fingerprint density at radius 2 is 1.91 bits per heavy atom. The quantitative estimate of drug-likeness (QED) is 0.607. The second-order valence-electron chi connectivity index (χ2n) is 1.57. The van der Waals surface area contributed by atoms with Crippen LogP contribution in [0.1, 0.15) is 27.7 Å². The van der Waals surface area contributed by atoms with E-state index in [1.165, 1.54) is 18.7 Å². The monoisotopic (exact) mass is 172 g/mol. The predicted molar refractivity (Wildman–Crippen MR) is 53.6 cm³/mol. The van der Waals surface area contributed by atoms with Crippen molar-refractivity contribution in [3.63, 3.8) is 0 Å². The molecule has 0 aliphatic heterocycles. The molecule has 0 saturated heterocycles. The molecule has 0 N–H and O–H groups in total. The minimum absolute atomic E-state index is 0.0399. The van der Waals surface area contributed by atoms with E-state index in [2.05, 4.69) is 6.58 Å². The van der Waals surface area contributed by atoms with E-state index in [1.54, 1.807) is 0 Å². The summed E-state index contributed by atoms with van der Waals surface area (Å²) in [6, 6.07) is 0. The van der Waals surface area contributed by atoms with Crippen molar-refractivity contribution in [1.29, 1.82) is 0 Å². The lowest BCUT2D eigenvalue weighted by molar-refractivity contribution is -0.112. The average Bonchev–Trinajstić information content (AvgIpc) is 2.03. The number of allylic oxidation sites excluding steroid dienone is 2. The van der Waals surface area contributed by atoms with Gasteiger partial charge >= 0.3 is 0 Å². The van der Waals surface area contributed by atoms with Crippen LogP contribution >= 0.6 is 11.8 Å². The van der Waals surface area contributed by atoms with E-state index in [0.29, 0.717) is 4.91 Å². The van der Waals surface area contributed by atoms with E-state index in [0.717, 1.165) is 0 Å². The van der Waals surface area contributed by atoms with E-state index in [9.17, 15) is 4.79 Å². The van der Waals surface area contributed by atoms with Crippen LogP contribution in [0.25, 0.3) is 0 Å². The van der Waals surface area contributed by atoms with Crippen molar-refractivity contribution in [2.24, 2.45) is 0 Å². The van der Waals surface area contributed by atoms with Crippen LogP contribution in [0.4, 0.5) is 0 Å². The van der Waals surface area contributed by atoms with Gasteiger partial charge in [-0.2, -0.15) is 0 Å². The Labute approximate surface area is 73.6 Å². The van der Waals surface area contributed by atoms with Crippen molar-refractivity contribution >= 4 is 17.5 Å². The van der Waals surface area contributed by atoms with Crippen LogP contribution in [-0.2, 0) is 4.79 Å². The highest BCUT2D eigenvalue weighted by Crippen LogP contribution is 2.14. The van der Waals surface area contributed by atoms with E-state index < -0.39 is 0 Å². The molecule has 2 heteroatoms. The average molecular weight is 172 g/mol. The maximum absolute atomic E-state index is 10.5. The molecule has 0 aliphatic rings. The smallest absolute Gasteiger partial charge is 0.165 e. The van der Waals surface area contributed by atoms with E-state index in [-0.39, 0.29) is 5.78 Å². The SMILES string of the molecule is C=C(S/C=C\C)C(C)=O.CC. The van der Waals surface area contributed by atoms with Gasteiger partial charge in [0.25, 0.3) is 0 Å². The first-order valence-electron chi connectivity index (χ1n) is 3.66. The Balaban J connectivity index is 0. The summed E-state index contributed by atoms with van der Waals surface area (Å²) >= 11 is 1.36. The molecule has 0 aliphatic carbocycles. The lowest BCUT2D eigenvalue weighted by Gasteiger charge is -1.91. The second-order valence-corrected chi connectivity index (χ2v) is 2.57. The highest BCUT2D eigenvalue weighted by molar-refractivity contribution is 8.06. The number of carbonyl (C=O) groups excluding carboxylic acids is 1. The molecule has 0 spiro atoms. The van der Waals surface area contributed by atoms with Crippen molar-refractivity contribution in [1.82, 2.24) is 0 Å². The van der Waals surface area contributed by atoms with Gasteiger partial charge < -0.3 is 0 Å². The molecule has 11 heavy (non-hydrogen) atoms. The number of Topliss-reactive ketones (excluding diaryl/α,β-unsaturated/α-hetero) is 1. The molecule has 0 heterocycles. The van der Waals surface area contributed by atoms with Gasteiger partial charge in [0.15, 0.2) is 5.78 Å². The number of ketones is 1. The maximum atomic E-state index is 10.5. The fourth-order valence-electron chi connectivity index (χ4n) is 0.233. The van der Waals surface area contributed by atoms with Crippen molar-refractivity contribution in [2.75, 3.05) is 0 Å². The van der Waals surface area contributed by atoms with Gasteiger partial charge in [0.1, 0.15) is 0 Å². The minimum atomic E-state index is 0.0399. The molecule has 0 radical (unpaired) electrons. The Hall–Kier alpha value is -0.500. The molecule has 0 aromatic rings. The fraction of sp³-hybridized carbons (Fsp3) is 0.444. The first kappa shape index (κ1) is 13.1. The molecule has 0 unspecified atom stereocenters. The third-order valence-corrected chi connectivity index (χ3v) is 1.72. The summed E-state index contributed by atoms with van der Waals surface area (Å²) < 4.78 is 0. The second kappa shape index (κ2) is 9.50. The summed E-state index contributed by atoms with van der Waals surface area (Å²) in [4.78, 5) is 11.1. The predicted octanol–water partition coefficient (Wildman–Crippen LogP) is 3.38. The standard InChI is InChI=1S/C7H10OS.C2H6/c1-4-5-9-7(3)6(2)8;1-2/h4-5H,3H2,1-2H3;1-2H3/b5-4-;.